The van der Waals surface area contributed by atoms with Crippen LogP contribution in [-0.4, -0.2) is 37.3 Å². The molecule has 0 unspecified atom stereocenters. The number of ether oxygens (including phenoxy) is 2. The minimum Gasteiger partial charge on any atom is -0.462 e. The SMILES string of the molecule is CCOC(=O)c1ccnc(NCC2(C)CCOCC2)c1N. The molecule has 0 radical (unpaired) electrons. The summed E-state index contributed by atoms with van der Waals surface area (Å²) in [6.45, 7) is 6.61. The molecular formula is C15H23N3O3. The number of esters is 1. The van der Waals surface area contributed by atoms with Crippen LogP contribution in [0, 0.1) is 5.41 Å². The molecule has 0 saturated carbocycles. The number of nitrogens with two attached hydrogens (primary N) is 1. The predicted octanol–water partition coefficient (Wildman–Crippen LogP) is 2.07. The summed E-state index contributed by atoms with van der Waals surface area (Å²) in [5.74, 6) is 0.117. The first-order valence-electron chi connectivity index (χ1n) is 7.29. The molecule has 0 bridgehead atoms. The molecule has 1 aliphatic heterocycles. The number of carbonyl (C=O) groups is 1. The van der Waals surface area contributed by atoms with Crippen molar-refractivity contribution in [1.29, 1.82) is 0 Å². The van der Waals surface area contributed by atoms with E-state index in [4.69, 9.17) is 15.2 Å². The molecule has 0 atom stereocenters. The Labute approximate surface area is 125 Å². The maximum atomic E-state index is 11.8. The smallest absolute Gasteiger partial charge is 0.340 e. The normalized spacial score (nSPS) is 17.2. The van der Waals surface area contributed by atoms with Gasteiger partial charge in [-0.05, 0) is 31.2 Å². The van der Waals surface area contributed by atoms with Gasteiger partial charge in [0.15, 0.2) is 0 Å². The van der Waals surface area contributed by atoms with Gasteiger partial charge in [-0.2, -0.15) is 0 Å². The number of nitrogens with zero attached hydrogens (tertiary/aromatic N) is 1. The van der Waals surface area contributed by atoms with Crippen molar-refractivity contribution in [2.75, 3.05) is 37.4 Å². The van der Waals surface area contributed by atoms with Gasteiger partial charge in [0, 0.05) is 26.0 Å². The molecule has 2 heterocycles. The summed E-state index contributed by atoms with van der Waals surface area (Å²) in [5, 5.41) is 3.26. The highest BCUT2D eigenvalue weighted by atomic mass is 16.5. The first-order chi connectivity index (χ1) is 10.1. The summed E-state index contributed by atoms with van der Waals surface area (Å²) in [4.78, 5) is 16.0. The zero-order valence-corrected chi connectivity index (χ0v) is 12.6. The molecule has 0 aromatic carbocycles. The third kappa shape index (κ3) is 3.85. The fraction of sp³-hybridized carbons (Fsp3) is 0.600. The molecule has 0 spiro atoms. The van der Waals surface area contributed by atoms with Crippen LogP contribution in [0.3, 0.4) is 0 Å². The number of nitrogens with one attached hydrogen (secondary N) is 1. The molecule has 0 aliphatic carbocycles. The maximum absolute atomic E-state index is 11.8. The van der Waals surface area contributed by atoms with Crippen LogP contribution < -0.4 is 11.1 Å². The molecule has 1 saturated heterocycles. The van der Waals surface area contributed by atoms with Crippen LogP contribution >= 0.6 is 0 Å². The molecule has 6 nitrogen and oxygen atoms in total. The Bertz CT molecular complexity index is 499. The predicted molar refractivity (Wildman–Crippen MR) is 81.3 cm³/mol. The molecule has 21 heavy (non-hydrogen) atoms. The number of pyridine rings is 1. The van der Waals surface area contributed by atoms with Crippen LogP contribution in [0.2, 0.25) is 0 Å². The Hall–Kier alpha value is -1.82. The zero-order valence-electron chi connectivity index (χ0n) is 12.6. The van der Waals surface area contributed by atoms with E-state index >= 15 is 0 Å². The third-order valence-corrected chi connectivity index (χ3v) is 3.87. The van der Waals surface area contributed by atoms with Crippen LogP contribution in [0.1, 0.15) is 37.0 Å². The topological polar surface area (TPSA) is 86.5 Å². The summed E-state index contributed by atoms with van der Waals surface area (Å²) >= 11 is 0. The van der Waals surface area contributed by atoms with Crippen LogP contribution in [-0.2, 0) is 9.47 Å². The van der Waals surface area contributed by atoms with Crippen molar-refractivity contribution in [2.45, 2.75) is 26.7 Å². The van der Waals surface area contributed by atoms with Gasteiger partial charge in [-0.3, -0.25) is 0 Å². The second-order valence-electron chi connectivity index (χ2n) is 5.62. The van der Waals surface area contributed by atoms with Crippen molar-refractivity contribution < 1.29 is 14.3 Å². The van der Waals surface area contributed by atoms with Crippen LogP contribution in [0.25, 0.3) is 0 Å². The van der Waals surface area contributed by atoms with Gasteiger partial charge in [-0.15, -0.1) is 0 Å². The Morgan fingerprint density at radius 3 is 2.90 bits per heavy atom. The highest BCUT2D eigenvalue weighted by Crippen LogP contribution is 2.31. The van der Waals surface area contributed by atoms with Gasteiger partial charge in [-0.25, -0.2) is 9.78 Å². The average molecular weight is 293 g/mol. The maximum Gasteiger partial charge on any atom is 0.340 e. The molecule has 3 N–H and O–H groups in total. The van der Waals surface area contributed by atoms with E-state index in [-0.39, 0.29) is 5.41 Å². The van der Waals surface area contributed by atoms with Gasteiger partial charge in [0.1, 0.15) is 5.82 Å². The number of carbonyl (C=O) groups excluding carboxylic acids is 1. The summed E-state index contributed by atoms with van der Waals surface area (Å²) in [6, 6.07) is 1.58. The number of nitrogen functional groups attached to an aromatic ring is 1. The summed E-state index contributed by atoms with van der Waals surface area (Å²) < 4.78 is 10.4. The number of anilines is 2. The molecule has 1 aromatic heterocycles. The fourth-order valence-corrected chi connectivity index (χ4v) is 2.34. The van der Waals surface area contributed by atoms with E-state index < -0.39 is 5.97 Å². The van der Waals surface area contributed by atoms with Crippen molar-refractivity contribution in [3.63, 3.8) is 0 Å². The van der Waals surface area contributed by atoms with E-state index in [9.17, 15) is 4.79 Å². The lowest BCUT2D eigenvalue weighted by atomic mass is 9.82. The lowest BCUT2D eigenvalue weighted by Crippen LogP contribution is -2.33. The molecule has 1 aliphatic rings. The van der Waals surface area contributed by atoms with Gasteiger partial charge in [-0.1, -0.05) is 6.92 Å². The Morgan fingerprint density at radius 1 is 1.52 bits per heavy atom. The van der Waals surface area contributed by atoms with Crippen molar-refractivity contribution in [1.82, 2.24) is 4.98 Å². The molecule has 116 valence electrons. The second kappa shape index (κ2) is 6.76. The standard InChI is InChI=1S/C15H23N3O3/c1-3-21-14(19)11-4-7-17-13(12(11)16)18-10-15(2)5-8-20-9-6-15/h4,7H,3,5-6,8-10,16H2,1-2H3,(H,17,18). The molecule has 1 fully saturated rings. The van der Waals surface area contributed by atoms with E-state index in [1.54, 1.807) is 19.2 Å². The molecule has 2 rings (SSSR count). The van der Waals surface area contributed by atoms with Crippen molar-refractivity contribution in [3.05, 3.63) is 17.8 Å². The van der Waals surface area contributed by atoms with Crippen LogP contribution in [0.15, 0.2) is 12.3 Å². The van der Waals surface area contributed by atoms with Gasteiger partial charge < -0.3 is 20.5 Å². The summed E-state index contributed by atoms with van der Waals surface area (Å²) in [5.41, 5.74) is 6.87. The highest BCUT2D eigenvalue weighted by Gasteiger charge is 2.27. The van der Waals surface area contributed by atoms with E-state index in [1.807, 2.05) is 0 Å². The van der Waals surface area contributed by atoms with Crippen LogP contribution in [0.5, 0.6) is 0 Å². The molecule has 1 aromatic rings. The lowest BCUT2D eigenvalue weighted by molar-refractivity contribution is 0.0300. The van der Waals surface area contributed by atoms with Crippen molar-refractivity contribution >= 4 is 17.5 Å². The van der Waals surface area contributed by atoms with E-state index in [0.717, 1.165) is 32.6 Å². The summed E-state index contributed by atoms with van der Waals surface area (Å²) in [7, 11) is 0. The fourth-order valence-electron chi connectivity index (χ4n) is 2.34. The number of rotatable bonds is 5. The Balaban J connectivity index is 2.06. The largest absolute Gasteiger partial charge is 0.462 e. The third-order valence-electron chi connectivity index (χ3n) is 3.87. The second-order valence-corrected chi connectivity index (χ2v) is 5.62. The number of hydrogen-bond donors (Lipinski definition) is 2. The quantitative estimate of drug-likeness (QED) is 0.808. The average Bonchev–Trinajstić information content (AvgIpc) is 2.47. The number of aromatic nitrogens is 1. The minimum atomic E-state index is -0.419. The molecule has 0 amide bonds. The molecular weight excluding hydrogens is 270 g/mol. The van der Waals surface area contributed by atoms with Gasteiger partial charge in [0.25, 0.3) is 0 Å². The van der Waals surface area contributed by atoms with Crippen molar-refractivity contribution in [2.24, 2.45) is 5.41 Å². The van der Waals surface area contributed by atoms with Gasteiger partial charge >= 0.3 is 5.97 Å². The van der Waals surface area contributed by atoms with Crippen LogP contribution in [0.4, 0.5) is 11.5 Å². The lowest BCUT2D eigenvalue weighted by Gasteiger charge is -2.33. The first kappa shape index (κ1) is 15.6. The van der Waals surface area contributed by atoms with Gasteiger partial charge in [0.2, 0.25) is 0 Å². The first-order valence-corrected chi connectivity index (χ1v) is 7.29. The van der Waals surface area contributed by atoms with E-state index in [0.29, 0.717) is 23.7 Å². The zero-order chi connectivity index (χ0) is 15.3. The van der Waals surface area contributed by atoms with Crippen molar-refractivity contribution in [3.8, 4) is 0 Å². The monoisotopic (exact) mass is 293 g/mol. The van der Waals surface area contributed by atoms with E-state index in [1.165, 1.54) is 0 Å². The highest BCUT2D eigenvalue weighted by molar-refractivity contribution is 5.97. The number of hydrogen-bond acceptors (Lipinski definition) is 6. The summed E-state index contributed by atoms with van der Waals surface area (Å²) in [6.07, 6.45) is 3.56. The molecule has 6 heteroatoms. The Kier molecular flexibility index (Phi) is 5.01. The van der Waals surface area contributed by atoms with E-state index in [2.05, 4.69) is 17.2 Å². The minimum absolute atomic E-state index is 0.159. The van der Waals surface area contributed by atoms with Gasteiger partial charge in [0.05, 0.1) is 17.9 Å². The Morgan fingerprint density at radius 2 is 2.24 bits per heavy atom.